The van der Waals surface area contributed by atoms with Crippen LogP contribution < -0.4 is 5.32 Å². The Bertz CT molecular complexity index is 311. The lowest BCUT2D eigenvalue weighted by molar-refractivity contribution is 0.301. The van der Waals surface area contributed by atoms with Gasteiger partial charge in [-0.25, -0.2) is 0 Å². The molecule has 0 aliphatic rings. The van der Waals surface area contributed by atoms with Crippen molar-refractivity contribution in [3.8, 4) is 0 Å². The van der Waals surface area contributed by atoms with Crippen molar-refractivity contribution in [3.05, 3.63) is 36.2 Å². The van der Waals surface area contributed by atoms with Gasteiger partial charge in [-0.2, -0.15) is 0 Å². The number of rotatable bonds is 4. The smallest absolute Gasteiger partial charge is 0.0989 e. The highest BCUT2D eigenvalue weighted by Crippen LogP contribution is 1.98. The number of aliphatic hydroxyl groups is 1. The van der Waals surface area contributed by atoms with Crippen LogP contribution in [0.3, 0.4) is 0 Å². The first-order valence-electron chi connectivity index (χ1n) is 4.30. The summed E-state index contributed by atoms with van der Waals surface area (Å²) in [5.41, 5.74) is 1.00. The van der Waals surface area contributed by atoms with E-state index < -0.39 is 0 Å². The molecule has 0 saturated heterocycles. The summed E-state index contributed by atoms with van der Waals surface area (Å²) in [6.45, 7) is 0.567. The van der Waals surface area contributed by atoms with Crippen molar-refractivity contribution in [1.82, 2.24) is 10.3 Å². The van der Waals surface area contributed by atoms with Crippen LogP contribution in [-0.4, -0.2) is 28.2 Å². The molecule has 3 nitrogen and oxygen atoms in total. The van der Waals surface area contributed by atoms with E-state index in [2.05, 4.69) is 10.3 Å². The maximum absolute atomic E-state index is 8.54. The molecular weight excluding hydrogens is 196 g/mol. The Hall–Kier alpha value is -1.26. The molecule has 0 aliphatic carbocycles. The topological polar surface area (TPSA) is 45.1 Å². The van der Waals surface area contributed by atoms with Crippen LogP contribution in [0.1, 0.15) is 5.56 Å². The molecular formula is C10H12N2OS. The molecule has 0 aromatic carbocycles. The highest BCUT2D eigenvalue weighted by molar-refractivity contribution is 7.80. The lowest BCUT2D eigenvalue weighted by atomic mass is 10.2. The van der Waals surface area contributed by atoms with Gasteiger partial charge >= 0.3 is 0 Å². The second-order valence-electron chi connectivity index (χ2n) is 2.63. The highest BCUT2D eigenvalue weighted by Gasteiger charge is 1.88. The van der Waals surface area contributed by atoms with Crippen molar-refractivity contribution >= 4 is 23.3 Å². The third-order valence-electron chi connectivity index (χ3n) is 1.52. The van der Waals surface area contributed by atoms with Gasteiger partial charge in [0.2, 0.25) is 0 Å². The summed E-state index contributed by atoms with van der Waals surface area (Å²) < 4.78 is 0. The molecule has 0 spiro atoms. The largest absolute Gasteiger partial charge is 0.395 e. The van der Waals surface area contributed by atoms with Crippen molar-refractivity contribution < 1.29 is 5.11 Å². The van der Waals surface area contributed by atoms with Crippen molar-refractivity contribution in [2.75, 3.05) is 13.2 Å². The van der Waals surface area contributed by atoms with Gasteiger partial charge in [-0.05, 0) is 17.7 Å². The van der Waals surface area contributed by atoms with Crippen LogP contribution >= 0.6 is 12.2 Å². The zero-order chi connectivity index (χ0) is 10.2. The lowest BCUT2D eigenvalue weighted by Crippen LogP contribution is -2.22. The maximum Gasteiger partial charge on any atom is 0.0989 e. The number of aromatic nitrogens is 1. The average Bonchev–Trinajstić information content (AvgIpc) is 2.25. The average molecular weight is 208 g/mol. The van der Waals surface area contributed by atoms with Crippen LogP contribution in [0, 0.1) is 0 Å². The van der Waals surface area contributed by atoms with Crippen molar-refractivity contribution in [1.29, 1.82) is 0 Å². The number of thiocarbonyl (C=S) groups is 1. The predicted molar refractivity (Wildman–Crippen MR) is 61.0 cm³/mol. The number of aliphatic hydroxyl groups excluding tert-OH is 1. The Morgan fingerprint density at radius 3 is 3.14 bits per heavy atom. The Labute approximate surface area is 88.5 Å². The van der Waals surface area contributed by atoms with E-state index in [0.29, 0.717) is 11.5 Å². The van der Waals surface area contributed by atoms with E-state index in [1.54, 1.807) is 18.5 Å². The van der Waals surface area contributed by atoms with E-state index in [0.717, 1.165) is 5.56 Å². The number of nitrogens with zero attached hydrogens (tertiary/aromatic N) is 1. The summed E-state index contributed by atoms with van der Waals surface area (Å²) in [6.07, 6.45) is 7.13. The van der Waals surface area contributed by atoms with Crippen LogP contribution in [-0.2, 0) is 0 Å². The van der Waals surface area contributed by atoms with Crippen LogP contribution in [0.4, 0.5) is 0 Å². The molecule has 14 heavy (non-hydrogen) atoms. The van der Waals surface area contributed by atoms with Gasteiger partial charge in [0, 0.05) is 18.9 Å². The fraction of sp³-hybridized carbons (Fsp3) is 0.200. The van der Waals surface area contributed by atoms with E-state index >= 15 is 0 Å². The molecule has 0 amide bonds. The molecule has 1 aromatic heterocycles. The number of hydrogen-bond donors (Lipinski definition) is 2. The third kappa shape index (κ3) is 4.11. The minimum Gasteiger partial charge on any atom is -0.395 e. The number of nitrogens with one attached hydrogen (secondary N) is 1. The minimum absolute atomic E-state index is 0.0842. The van der Waals surface area contributed by atoms with Crippen LogP contribution in [0.2, 0.25) is 0 Å². The normalized spacial score (nSPS) is 10.4. The van der Waals surface area contributed by atoms with Crippen LogP contribution in [0.15, 0.2) is 30.6 Å². The van der Waals surface area contributed by atoms with E-state index in [4.69, 9.17) is 17.3 Å². The lowest BCUT2D eigenvalue weighted by Gasteiger charge is -1.99. The molecule has 1 aromatic rings. The SMILES string of the molecule is OCCNC(=S)C=Cc1cccnc1. The molecule has 0 saturated carbocycles. The minimum atomic E-state index is 0.0842. The quantitative estimate of drug-likeness (QED) is 0.572. The summed E-state index contributed by atoms with van der Waals surface area (Å²) >= 11 is 4.99. The van der Waals surface area contributed by atoms with Crippen molar-refractivity contribution in [2.45, 2.75) is 0 Å². The fourth-order valence-electron chi connectivity index (χ4n) is 0.884. The van der Waals surface area contributed by atoms with Gasteiger partial charge in [0.1, 0.15) is 0 Å². The third-order valence-corrected chi connectivity index (χ3v) is 1.80. The number of hydrogen-bond acceptors (Lipinski definition) is 3. The standard InChI is InChI=1S/C10H12N2OS/c13-7-6-12-10(14)4-3-9-2-1-5-11-8-9/h1-5,8,13H,6-7H2,(H,12,14). The van der Waals surface area contributed by atoms with Gasteiger partial charge in [0.25, 0.3) is 0 Å². The molecule has 0 aliphatic heterocycles. The zero-order valence-electron chi connectivity index (χ0n) is 7.68. The van der Waals surface area contributed by atoms with E-state index in [1.807, 2.05) is 18.2 Å². The Morgan fingerprint density at radius 2 is 2.50 bits per heavy atom. The van der Waals surface area contributed by atoms with Gasteiger partial charge in [-0.1, -0.05) is 24.4 Å². The summed E-state index contributed by atoms with van der Waals surface area (Å²) in [6, 6.07) is 3.81. The zero-order valence-corrected chi connectivity index (χ0v) is 8.50. The van der Waals surface area contributed by atoms with E-state index in [-0.39, 0.29) is 6.61 Å². The molecule has 0 unspecified atom stereocenters. The Morgan fingerprint density at radius 1 is 1.64 bits per heavy atom. The first-order valence-corrected chi connectivity index (χ1v) is 4.70. The Balaban J connectivity index is 2.44. The number of pyridine rings is 1. The van der Waals surface area contributed by atoms with Gasteiger partial charge in [-0.15, -0.1) is 0 Å². The molecule has 74 valence electrons. The predicted octanol–water partition coefficient (Wildman–Crippen LogP) is 1.00. The van der Waals surface area contributed by atoms with Crippen molar-refractivity contribution in [3.63, 3.8) is 0 Å². The van der Waals surface area contributed by atoms with Gasteiger partial charge in [-0.3, -0.25) is 4.98 Å². The van der Waals surface area contributed by atoms with Crippen molar-refractivity contribution in [2.24, 2.45) is 0 Å². The molecule has 0 atom stereocenters. The van der Waals surface area contributed by atoms with E-state index in [1.165, 1.54) is 0 Å². The fourth-order valence-corrected chi connectivity index (χ4v) is 1.05. The molecule has 2 N–H and O–H groups in total. The molecule has 0 radical (unpaired) electrons. The van der Waals surface area contributed by atoms with Crippen LogP contribution in [0.5, 0.6) is 0 Å². The Kier molecular flexibility index (Phi) is 4.82. The van der Waals surface area contributed by atoms with Gasteiger partial charge in [0.05, 0.1) is 11.6 Å². The summed E-state index contributed by atoms with van der Waals surface area (Å²) in [4.78, 5) is 4.58. The molecule has 0 bridgehead atoms. The first kappa shape index (κ1) is 10.8. The van der Waals surface area contributed by atoms with Gasteiger partial charge in [0.15, 0.2) is 0 Å². The molecule has 1 heterocycles. The second kappa shape index (κ2) is 6.23. The molecule has 1 rings (SSSR count). The van der Waals surface area contributed by atoms with E-state index in [9.17, 15) is 0 Å². The molecule has 0 fully saturated rings. The maximum atomic E-state index is 8.54. The monoisotopic (exact) mass is 208 g/mol. The first-order chi connectivity index (χ1) is 6.83. The summed E-state index contributed by atoms with van der Waals surface area (Å²) in [5.74, 6) is 0. The summed E-state index contributed by atoms with van der Waals surface area (Å²) in [7, 11) is 0. The highest BCUT2D eigenvalue weighted by atomic mass is 32.1. The van der Waals surface area contributed by atoms with Crippen LogP contribution in [0.25, 0.3) is 6.08 Å². The second-order valence-corrected chi connectivity index (χ2v) is 3.07. The molecule has 4 heteroatoms. The van der Waals surface area contributed by atoms with Gasteiger partial charge < -0.3 is 10.4 Å². The summed E-state index contributed by atoms with van der Waals surface area (Å²) in [5, 5.41) is 11.4.